The maximum Gasteiger partial charge on any atom is 0.151 e. The SMILES string of the molecule is CC(C)NCc1cc(CN2CCC(C(C)(C)C)CC2)on1. The number of rotatable bonds is 5. The van der Waals surface area contributed by atoms with E-state index >= 15 is 0 Å². The number of likely N-dealkylation sites (tertiary alicyclic amines) is 1. The lowest BCUT2D eigenvalue weighted by molar-refractivity contribution is 0.101. The second-order valence-corrected chi connectivity index (χ2v) is 7.74. The summed E-state index contributed by atoms with van der Waals surface area (Å²) in [7, 11) is 0. The number of piperidine rings is 1. The zero-order chi connectivity index (χ0) is 15.5. The summed E-state index contributed by atoms with van der Waals surface area (Å²) in [5.41, 5.74) is 1.44. The Morgan fingerprint density at radius 2 is 2.00 bits per heavy atom. The number of nitrogens with one attached hydrogen (secondary N) is 1. The molecule has 120 valence electrons. The van der Waals surface area contributed by atoms with Gasteiger partial charge in [0.05, 0.1) is 12.2 Å². The molecule has 1 aliphatic heterocycles. The Morgan fingerprint density at radius 3 is 2.57 bits per heavy atom. The lowest BCUT2D eigenvalue weighted by Crippen LogP contribution is -2.37. The van der Waals surface area contributed by atoms with Gasteiger partial charge in [0.25, 0.3) is 0 Å². The van der Waals surface area contributed by atoms with Gasteiger partial charge >= 0.3 is 0 Å². The van der Waals surface area contributed by atoms with Crippen LogP contribution in [0.3, 0.4) is 0 Å². The Kier molecular flexibility index (Phi) is 5.44. The lowest BCUT2D eigenvalue weighted by Gasteiger charge is -2.38. The molecule has 2 heterocycles. The van der Waals surface area contributed by atoms with E-state index in [1.165, 1.54) is 25.9 Å². The Balaban J connectivity index is 1.78. The molecular formula is C17H31N3O. The highest BCUT2D eigenvalue weighted by atomic mass is 16.5. The summed E-state index contributed by atoms with van der Waals surface area (Å²) in [4.78, 5) is 2.49. The molecule has 1 aromatic heterocycles. The normalized spacial score (nSPS) is 18.6. The van der Waals surface area contributed by atoms with E-state index in [0.717, 1.165) is 30.5 Å². The van der Waals surface area contributed by atoms with Gasteiger partial charge in [-0.15, -0.1) is 0 Å². The van der Waals surface area contributed by atoms with E-state index < -0.39 is 0 Å². The topological polar surface area (TPSA) is 41.3 Å². The molecular weight excluding hydrogens is 262 g/mol. The van der Waals surface area contributed by atoms with Crippen LogP contribution in [-0.4, -0.2) is 29.2 Å². The maximum absolute atomic E-state index is 5.46. The molecule has 1 N–H and O–H groups in total. The van der Waals surface area contributed by atoms with Crippen molar-refractivity contribution in [2.45, 2.75) is 66.6 Å². The Morgan fingerprint density at radius 1 is 1.33 bits per heavy atom. The van der Waals surface area contributed by atoms with Crippen LogP contribution in [0.4, 0.5) is 0 Å². The summed E-state index contributed by atoms with van der Waals surface area (Å²) >= 11 is 0. The molecule has 0 saturated carbocycles. The first-order valence-corrected chi connectivity index (χ1v) is 8.25. The maximum atomic E-state index is 5.46. The lowest BCUT2D eigenvalue weighted by atomic mass is 9.75. The number of nitrogens with zero attached hydrogens (tertiary/aromatic N) is 2. The van der Waals surface area contributed by atoms with Crippen molar-refractivity contribution in [1.29, 1.82) is 0 Å². The first-order valence-electron chi connectivity index (χ1n) is 8.25. The van der Waals surface area contributed by atoms with Gasteiger partial charge in [0.15, 0.2) is 5.76 Å². The van der Waals surface area contributed by atoms with E-state index in [9.17, 15) is 0 Å². The fraction of sp³-hybridized carbons (Fsp3) is 0.824. The second kappa shape index (κ2) is 6.93. The van der Waals surface area contributed by atoms with Crippen LogP contribution in [0.2, 0.25) is 0 Å². The minimum atomic E-state index is 0.439. The largest absolute Gasteiger partial charge is 0.360 e. The summed E-state index contributed by atoms with van der Waals surface area (Å²) in [5, 5.41) is 7.51. The smallest absolute Gasteiger partial charge is 0.151 e. The van der Waals surface area contributed by atoms with Crippen molar-refractivity contribution >= 4 is 0 Å². The van der Waals surface area contributed by atoms with Gasteiger partial charge in [0.1, 0.15) is 0 Å². The van der Waals surface area contributed by atoms with E-state index in [1.54, 1.807) is 0 Å². The third-order valence-corrected chi connectivity index (χ3v) is 4.49. The molecule has 1 fully saturated rings. The average Bonchev–Trinajstić information content (AvgIpc) is 2.83. The van der Waals surface area contributed by atoms with Crippen molar-refractivity contribution < 1.29 is 4.52 Å². The van der Waals surface area contributed by atoms with Gasteiger partial charge < -0.3 is 9.84 Å². The molecule has 2 rings (SSSR count). The third kappa shape index (κ3) is 5.11. The predicted octanol–water partition coefficient (Wildman–Crippen LogP) is 3.43. The molecule has 0 radical (unpaired) electrons. The van der Waals surface area contributed by atoms with Crippen molar-refractivity contribution in [3.8, 4) is 0 Å². The molecule has 0 aromatic carbocycles. The third-order valence-electron chi connectivity index (χ3n) is 4.49. The minimum absolute atomic E-state index is 0.439. The molecule has 4 nitrogen and oxygen atoms in total. The van der Waals surface area contributed by atoms with E-state index in [-0.39, 0.29) is 0 Å². The summed E-state index contributed by atoms with van der Waals surface area (Å²) < 4.78 is 5.46. The molecule has 1 aliphatic rings. The van der Waals surface area contributed by atoms with Crippen LogP contribution in [0.1, 0.15) is 58.9 Å². The van der Waals surface area contributed by atoms with Crippen molar-refractivity contribution in [3.63, 3.8) is 0 Å². The molecule has 1 aromatic rings. The fourth-order valence-corrected chi connectivity index (χ4v) is 3.00. The van der Waals surface area contributed by atoms with Crippen molar-refractivity contribution in [3.05, 3.63) is 17.5 Å². The number of hydrogen-bond donors (Lipinski definition) is 1. The van der Waals surface area contributed by atoms with Crippen LogP contribution >= 0.6 is 0 Å². The molecule has 0 spiro atoms. The van der Waals surface area contributed by atoms with Crippen LogP contribution in [0.15, 0.2) is 10.6 Å². The quantitative estimate of drug-likeness (QED) is 0.903. The highest BCUT2D eigenvalue weighted by Gasteiger charge is 2.28. The Labute approximate surface area is 129 Å². The summed E-state index contributed by atoms with van der Waals surface area (Å²) in [6.45, 7) is 15.4. The highest BCUT2D eigenvalue weighted by molar-refractivity contribution is 5.05. The van der Waals surface area contributed by atoms with Crippen molar-refractivity contribution in [2.24, 2.45) is 11.3 Å². The molecule has 0 amide bonds. The van der Waals surface area contributed by atoms with E-state index in [2.05, 4.69) is 56.1 Å². The van der Waals surface area contributed by atoms with E-state index in [0.29, 0.717) is 11.5 Å². The molecule has 21 heavy (non-hydrogen) atoms. The summed E-state index contributed by atoms with van der Waals surface area (Å²) in [5.74, 6) is 1.83. The zero-order valence-corrected chi connectivity index (χ0v) is 14.3. The van der Waals surface area contributed by atoms with Gasteiger partial charge in [-0.05, 0) is 37.3 Å². The first-order chi connectivity index (χ1) is 9.84. The molecule has 0 unspecified atom stereocenters. The standard InChI is InChI=1S/C17H31N3O/c1-13(2)18-11-15-10-16(21-19-15)12-20-8-6-14(7-9-20)17(3,4)5/h10,13-14,18H,6-9,11-12H2,1-5H3. The van der Waals surface area contributed by atoms with Gasteiger partial charge in [-0.2, -0.15) is 0 Å². The minimum Gasteiger partial charge on any atom is -0.360 e. The molecule has 4 heteroatoms. The Bertz CT molecular complexity index is 425. The molecule has 0 atom stereocenters. The van der Waals surface area contributed by atoms with Crippen LogP contribution < -0.4 is 5.32 Å². The van der Waals surface area contributed by atoms with Gasteiger partial charge in [0.2, 0.25) is 0 Å². The predicted molar refractivity (Wildman–Crippen MR) is 85.9 cm³/mol. The monoisotopic (exact) mass is 293 g/mol. The molecule has 0 bridgehead atoms. The first kappa shape index (κ1) is 16.5. The highest BCUT2D eigenvalue weighted by Crippen LogP contribution is 2.34. The van der Waals surface area contributed by atoms with Crippen LogP contribution in [0.5, 0.6) is 0 Å². The number of aromatic nitrogens is 1. The molecule has 1 saturated heterocycles. The number of hydrogen-bond acceptors (Lipinski definition) is 4. The van der Waals surface area contributed by atoms with E-state index in [4.69, 9.17) is 4.52 Å². The fourth-order valence-electron chi connectivity index (χ4n) is 3.00. The molecule has 0 aliphatic carbocycles. The van der Waals surface area contributed by atoms with Gasteiger partial charge in [0, 0.05) is 18.7 Å². The Hall–Kier alpha value is -0.870. The average molecular weight is 293 g/mol. The van der Waals surface area contributed by atoms with Crippen LogP contribution in [0, 0.1) is 11.3 Å². The van der Waals surface area contributed by atoms with Crippen LogP contribution in [-0.2, 0) is 13.1 Å². The van der Waals surface area contributed by atoms with Crippen molar-refractivity contribution in [2.75, 3.05) is 13.1 Å². The summed E-state index contributed by atoms with van der Waals surface area (Å²) in [6, 6.07) is 2.56. The van der Waals surface area contributed by atoms with Gasteiger partial charge in [-0.1, -0.05) is 39.8 Å². The van der Waals surface area contributed by atoms with Gasteiger partial charge in [-0.3, -0.25) is 4.90 Å². The zero-order valence-electron chi connectivity index (χ0n) is 14.3. The summed E-state index contributed by atoms with van der Waals surface area (Å²) in [6.07, 6.45) is 2.58. The van der Waals surface area contributed by atoms with Crippen molar-refractivity contribution in [1.82, 2.24) is 15.4 Å². The second-order valence-electron chi connectivity index (χ2n) is 7.74. The van der Waals surface area contributed by atoms with Crippen LogP contribution in [0.25, 0.3) is 0 Å². The van der Waals surface area contributed by atoms with E-state index in [1.807, 2.05) is 0 Å². The van der Waals surface area contributed by atoms with Gasteiger partial charge in [-0.25, -0.2) is 0 Å².